The second kappa shape index (κ2) is 13.7. The normalized spacial score (nSPS) is 12.8. The summed E-state index contributed by atoms with van der Waals surface area (Å²) in [5.74, 6) is 1.47. The Morgan fingerprint density at radius 3 is 1.87 bits per heavy atom. The fourth-order valence-electron chi connectivity index (χ4n) is 4.21. The lowest BCUT2D eigenvalue weighted by Crippen LogP contribution is -2.37. The number of benzene rings is 3. The molecule has 1 atom stereocenters. The maximum atomic E-state index is 12.7. The third-order valence-electron chi connectivity index (χ3n) is 6.78. The van der Waals surface area contributed by atoms with Gasteiger partial charge in [0.2, 0.25) is 6.79 Å². The predicted molar refractivity (Wildman–Crippen MR) is 154 cm³/mol. The lowest BCUT2D eigenvalue weighted by Gasteiger charge is -2.32. The van der Waals surface area contributed by atoms with E-state index >= 15 is 0 Å². The van der Waals surface area contributed by atoms with Crippen molar-refractivity contribution in [2.45, 2.75) is 41.0 Å². The largest absolute Gasteiger partial charge is 0.497 e. The van der Waals surface area contributed by atoms with Gasteiger partial charge in [0, 0.05) is 6.08 Å². The first kappa shape index (κ1) is 29.5. The molecule has 0 aliphatic heterocycles. The van der Waals surface area contributed by atoms with Crippen molar-refractivity contribution in [2.24, 2.45) is 17.3 Å². The van der Waals surface area contributed by atoms with Crippen LogP contribution >= 0.6 is 0 Å². The molecule has 0 aliphatic rings. The molecule has 0 fully saturated rings. The monoisotopic (exact) mass is 530 g/mol. The third kappa shape index (κ3) is 8.47. The zero-order chi connectivity index (χ0) is 28.4. The molecule has 3 rings (SSSR count). The Morgan fingerprint density at radius 2 is 1.33 bits per heavy atom. The Balaban J connectivity index is 1.48. The topological polar surface area (TPSA) is 71.1 Å². The summed E-state index contributed by atoms with van der Waals surface area (Å²) in [6, 6.07) is 22.3. The molecule has 0 saturated carbocycles. The van der Waals surface area contributed by atoms with Crippen molar-refractivity contribution in [2.75, 3.05) is 13.9 Å². The Labute approximate surface area is 231 Å². The molecule has 6 heteroatoms. The van der Waals surface area contributed by atoms with Gasteiger partial charge in [-0.2, -0.15) is 0 Å². The van der Waals surface area contributed by atoms with Gasteiger partial charge in [0.1, 0.15) is 17.2 Å². The summed E-state index contributed by atoms with van der Waals surface area (Å²) < 4.78 is 21.6. The third-order valence-corrected chi connectivity index (χ3v) is 6.78. The molecule has 0 saturated heterocycles. The fraction of sp³-hybridized carbons (Fsp3) is 0.333. The van der Waals surface area contributed by atoms with Gasteiger partial charge in [0.05, 0.1) is 12.5 Å². The predicted octanol–water partition coefficient (Wildman–Crippen LogP) is 7.57. The van der Waals surface area contributed by atoms with E-state index in [0.717, 1.165) is 28.9 Å². The Bertz CT molecular complexity index is 1240. The highest BCUT2D eigenvalue weighted by Gasteiger charge is 2.38. The van der Waals surface area contributed by atoms with Gasteiger partial charge in [-0.15, -0.1) is 0 Å². The van der Waals surface area contributed by atoms with Crippen molar-refractivity contribution in [3.63, 3.8) is 0 Å². The number of hydrogen-bond acceptors (Lipinski definition) is 6. The van der Waals surface area contributed by atoms with Gasteiger partial charge in [0.15, 0.2) is 0 Å². The average Bonchev–Trinajstić information content (AvgIpc) is 2.92. The quantitative estimate of drug-likeness (QED) is 0.104. The van der Waals surface area contributed by atoms with E-state index in [0.29, 0.717) is 17.4 Å². The van der Waals surface area contributed by atoms with Crippen molar-refractivity contribution < 1.29 is 28.5 Å². The summed E-state index contributed by atoms with van der Waals surface area (Å²) >= 11 is 0. The smallest absolute Gasteiger partial charge is 0.336 e. The van der Waals surface area contributed by atoms with Crippen LogP contribution in [0.2, 0.25) is 0 Å². The van der Waals surface area contributed by atoms with Crippen LogP contribution in [0.1, 0.15) is 46.6 Å². The van der Waals surface area contributed by atoms with E-state index in [1.807, 2.05) is 69.3 Å². The molecule has 6 nitrogen and oxygen atoms in total. The van der Waals surface area contributed by atoms with E-state index < -0.39 is 11.4 Å². The highest BCUT2D eigenvalue weighted by Crippen LogP contribution is 2.35. The molecule has 0 aromatic heterocycles. The Kier molecular flexibility index (Phi) is 10.3. The fourth-order valence-corrected chi connectivity index (χ4v) is 4.21. The van der Waals surface area contributed by atoms with Crippen LogP contribution in [0.5, 0.6) is 17.2 Å². The van der Waals surface area contributed by atoms with E-state index in [9.17, 15) is 9.59 Å². The van der Waals surface area contributed by atoms with Crippen LogP contribution in [-0.4, -0.2) is 25.8 Å². The molecular formula is C33H38O6. The molecule has 0 bridgehead atoms. The highest BCUT2D eigenvalue weighted by molar-refractivity contribution is 5.88. The standard InChI is InChI=1S/C33H38O6/c1-23(2)21-33(5,24(3)4)32(35)38-22-37-29-16-18-30(19-17-29)39-31(34)20-9-25-7-10-26(11-8-25)27-12-14-28(36-6)15-13-27/h7-20,23-24H,21-22H2,1-6H3/b20-9+. The van der Waals surface area contributed by atoms with Crippen LogP contribution in [0.3, 0.4) is 0 Å². The zero-order valence-corrected chi connectivity index (χ0v) is 23.6. The maximum Gasteiger partial charge on any atom is 0.336 e. The van der Waals surface area contributed by atoms with Gasteiger partial charge < -0.3 is 18.9 Å². The molecule has 39 heavy (non-hydrogen) atoms. The second-order valence-corrected chi connectivity index (χ2v) is 10.4. The van der Waals surface area contributed by atoms with Crippen LogP contribution in [-0.2, 0) is 14.3 Å². The molecule has 0 heterocycles. The number of carbonyl (C=O) groups excluding carboxylic acids is 2. The molecule has 0 aliphatic carbocycles. The number of rotatable bonds is 12. The van der Waals surface area contributed by atoms with E-state index in [2.05, 4.69) is 13.8 Å². The maximum absolute atomic E-state index is 12.7. The van der Waals surface area contributed by atoms with Crippen molar-refractivity contribution in [3.05, 3.63) is 84.4 Å². The van der Waals surface area contributed by atoms with Crippen LogP contribution in [0.4, 0.5) is 0 Å². The summed E-state index contributed by atoms with van der Waals surface area (Å²) in [6.07, 6.45) is 3.83. The van der Waals surface area contributed by atoms with Crippen LogP contribution in [0.25, 0.3) is 17.2 Å². The zero-order valence-electron chi connectivity index (χ0n) is 23.6. The SMILES string of the molecule is COc1ccc(-c2ccc(/C=C/C(=O)Oc3ccc(OCOC(=O)C(C)(CC(C)C)C(C)C)cc3)cc2)cc1. The Hall–Kier alpha value is -4.06. The first-order valence-electron chi connectivity index (χ1n) is 13.1. The first-order chi connectivity index (χ1) is 18.6. The number of carbonyl (C=O) groups is 2. The average molecular weight is 531 g/mol. The summed E-state index contributed by atoms with van der Waals surface area (Å²) in [5.41, 5.74) is 2.46. The van der Waals surface area contributed by atoms with Gasteiger partial charge in [-0.25, -0.2) is 4.79 Å². The molecule has 0 N–H and O–H groups in total. The molecular weight excluding hydrogens is 492 g/mol. The van der Waals surface area contributed by atoms with E-state index in [1.165, 1.54) is 6.08 Å². The van der Waals surface area contributed by atoms with Crippen molar-refractivity contribution in [1.29, 1.82) is 0 Å². The van der Waals surface area contributed by atoms with E-state index in [1.54, 1.807) is 37.5 Å². The van der Waals surface area contributed by atoms with Crippen LogP contribution < -0.4 is 14.2 Å². The minimum absolute atomic E-state index is 0.147. The van der Waals surface area contributed by atoms with Gasteiger partial charge in [-0.3, -0.25) is 4.79 Å². The van der Waals surface area contributed by atoms with Crippen molar-refractivity contribution in [1.82, 2.24) is 0 Å². The number of hydrogen-bond donors (Lipinski definition) is 0. The van der Waals surface area contributed by atoms with Crippen molar-refractivity contribution in [3.8, 4) is 28.4 Å². The van der Waals surface area contributed by atoms with E-state index in [4.69, 9.17) is 18.9 Å². The molecule has 206 valence electrons. The van der Waals surface area contributed by atoms with Crippen molar-refractivity contribution >= 4 is 18.0 Å². The summed E-state index contributed by atoms with van der Waals surface area (Å²) in [6.45, 7) is 10.00. The van der Waals surface area contributed by atoms with Gasteiger partial charge in [0.25, 0.3) is 0 Å². The Morgan fingerprint density at radius 1 is 0.795 bits per heavy atom. The number of ether oxygens (including phenoxy) is 4. The van der Waals surface area contributed by atoms with Gasteiger partial charge in [-0.05, 0) is 84.3 Å². The van der Waals surface area contributed by atoms with Gasteiger partial charge >= 0.3 is 11.9 Å². The van der Waals surface area contributed by atoms with Crippen LogP contribution in [0, 0.1) is 17.3 Å². The first-order valence-corrected chi connectivity index (χ1v) is 13.1. The lowest BCUT2D eigenvalue weighted by molar-refractivity contribution is -0.165. The highest BCUT2D eigenvalue weighted by atomic mass is 16.7. The minimum atomic E-state index is -0.568. The molecule has 0 amide bonds. The molecule has 3 aromatic rings. The molecule has 0 spiro atoms. The van der Waals surface area contributed by atoms with E-state index in [-0.39, 0.29) is 18.7 Å². The number of esters is 2. The van der Waals surface area contributed by atoms with Crippen LogP contribution in [0.15, 0.2) is 78.9 Å². The molecule has 1 unspecified atom stereocenters. The summed E-state index contributed by atoms with van der Waals surface area (Å²) in [4.78, 5) is 25.0. The minimum Gasteiger partial charge on any atom is -0.497 e. The lowest BCUT2D eigenvalue weighted by atomic mass is 9.73. The summed E-state index contributed by atoms with van der Waals surface area (Å²) in [5, 5.41) is 0. The second-order valence-electron chi connectivity index (χ2n) is 10.4. The summed E-state index contributed by atoms with van der Waals surface area (Å²) in [7, 11) is 1.64. The molecule has 0 radical (unpaired) electrons. The molecule has 3 aromatic carbocycles. The number of methoxy groups -OCH3 is 1. The van der Waals surface area contributed by atoms with Gasteiger partial charge in [-0.1, -0.05) is 64.1 Å².